The number of anilines is 1. The Kier molecular flexibility index (Phi) is 11.4. The van der Waals surface area contributed by atoms with Gasteiger partial charge in [-0.3, -0.25) is 13.9 Å². The maximum absolute atomic E-state index is 13.8. The Morgan fingerprint density at radius 2 is 1.65 bits per heavy atom. The maximum Gasteiger partial charge on any atom is 0.243 e. The summed E-state index contributed by atoms with van der Waals surface area (Å²) >= 11 is 12.6. The number of hydrogen-bond donors (Lipinski definition) is 1. The number of hydrogen-bond acceptors (Lipinski definition) is 4. The summed E-state index contributed by atoms with van der Waals surface area (Å²) in [6.07, 6.45) is 1.76. The van der Waals surface area contributed by atoms with E-state index in [1.165, 1.54) is 9.21 Å². The summed E-state index contributed by atoms with van der Waals surface area (Å²) in [6, 6.07) is 20.9. The second-order valence-corrected chi connectivity index (χ2v) is 12.3. The molecule has 0 aliphatic carbocycles. The largest absolute Gasteiger partial charge is 0.355 e. The Bertz CT molecular complexity index is 1420. The van der Waals surface area contributed by atoms with E-state index in [-0.39, 0.29) is 37.7 Å². The number of likely N-dealkylation sites (N-methyl/N-ethyl adjacent to an activating group) is 1. The van der Waals surface area contributed by atoms with Crippen LogP contribution in [0.4, 0.5) is 5.69 Å². The van der Waals surface area contributed by atoms with Gasteiger partial charge in [0.05, 0.1) is 11.9 Å². The predicted octanol–water partition coefficient (Wildman–Crippen LogP) is 5.62. The van der Waals surface area contributed by atoms with Crippen LogP contribution in [0.25, 0.3) is 0 Å². The van der Waals surface area contributed by atoms with Crippen LogP contribution in [0.5, 0.6) is 0 Å². The number of amides is 2. The Morgan fingerprint density at radius 3 is 2.27 bits per heavy atom. The number of nitrogens with zero attached hydrogens (tertiary/aromatic N) is 2. The standard InChI is InChI=1S/C30H35Cl2N3O4S/c1-4-33-30(37)28(19-23-12-6-5-7-13-23)34(21-24-16-17-25(31)20-26(24)32)29(36)15-10-18-35(40(3,38)39)27-14-9-8-11-22(27)2/h5-9,11-14,16-17,20,28H,4,10,15,18-19,21H2,1-3H3,(H,33,37). The number of rotatable bonds is 13. The molecule has 0 heterocycles. The van der Waals surface area contributed by atoms with Crippen LogP contribution < -0.4 is 9.62 Å². The molecule has 0 saturated heterocycles. The van der Waals surface area contributed by atoms with Crippen molar-refractivity contribution in [1.29, 1.82) is 0 Å². The van der Waals surface area contributed by atoms with Gasteiger partial charge in [-0.1, -0.05) is 77.8 Å². The van der Waals surface area contributed by atoms with Crippen molar-refractivity contribution in [1.82, 2.24) is 10.2 Å². The molecule has 2 amide bonds. The van der Waals surface area contributed by atoms with Crippen LogP contribution in [0, 0.1) is 6.92 Å². The highest BCUT2D eigenvalue weighted by Crippen LogP contribution is 2.26. The Hall–Kier alpha value is -3.07. The van der Waals surface area contributed by atoms with E-state index in [4.69, 9.17) is 23.2 Å². The SMILES string of the molecule is CCNC(=O)C(Cc1ccccc1)N(Cc1ccc(Cl)cc1Cl)C(=O)CCCN(c1ccccc1C)S(C)(=O)=O. The highest BCUT2D eigenvalue weighted by atomic mass is 35.5. The van der Waals surface area contributed by atoms with E-state index < -0.39 is 16.1 Å². The molecule has 1 atom stereocenters. The van der Waals surface area contributed by atoms with Gasteiger partial charge in [0, 0.05) is 42.5 Å². The second kappa shape index (κ2) is 14.5. The summed E-state index contributed by atoms with van der Waals surface area (Å²) in [4.78, 5) is 28.7. The zero-order chi connectivity index (χ0) is 29.3. The normalized spacial score (nSPS) is 12.0. The Balaban J connectivity index is 1.90. The van der Waals surface area contributed by atoms with Gasteiger partial charge in [-0.15, -0.1) is 0 Å². The predicted molar refractivity (Wildman–Crippen MR) is 162 cm³/mol. The van der Waals surface area contributed by atoms with E-state index >= 15 is 0 Å². The lowest BCUT2D eigenvalue weighted by molar-refractivity contribution is -0.141. The number of benzene rings is 3. The van der Waals surface area contributed by atoms with E-state index in [1.807, 2.05) is 56.3 Å². The lowest BCUT2D eigenvalue weighted by Gasteiger charge is -2.32. The van der Waals surface area contributed by atoms with Crippen LogP contribution in [0.1, 0.15) is 36.5 Å². The molecule has 0 bridgehead atoms. The Morgan fingerprint density at radius 1 is 0.975 bits per heavy atom. The van der Waals surface area contributed by atoms with Crippen molar-refractivity contribution >= 4 is 50.7 Å². The molecule has 0 fully saturated rings. The molecular weight excluding hydrogens is 569 g/mol. The molecule has 10 heteroatoms. The van der Waals surface area contributed by atoms with Crippen LogP contribution >= 0.6 is 23.2 Å². The van der Waals surface area contributed by atoms with E-state index in [1.54, 1.807) is 30.3 Å². The minimum absolute atomic E-state index is 0.0355. The third kappa shape index (κ3) is 8.71. The van der Waals surface area contributed by atoms with Gasteiger partial charge in [0.2, 0.25) is 21.8 Å². The number of halogens is 2. The molecule has 0 spiro atoms. The zero-order valence-electron chi connectivity index (χ0n) is 22.9. The van der Waals surface area contributed by atoms with Crippen molar-refractivity contribution in [3.05, 3.63) is 99.5 Å². The summed E-state index contributed by atoms with van der Waals surface area (Å²) in [5, 5.41) is 3.72. The van der Waals surface area contributed by atoms with Crippen molar-refractivity contribution in [3.8, 4) is 0 Å². The second-order valence-electron chi connectivity index (χ2n) is 9.58. The van der Waals surface area contributed by atoms with Crippen LogP contribution in [-0.2, 0) is 32.6 Å². The quantitative estimate of drug-likeness (QED) is 0.274. The van der Waals surface area contributed by atoms with Crippen molar-refractivity contribution in [2.45, 2.75) is 45.7 Å². The number of carbonyl (C=O) groups excluding carboxylic acids is 2. The fourth-order valence-corrected chi connectivity index (χ4v) is 6.00. The number of sulfonamides is 1. The lowest BCUT2D eigenvalue weighted by atomic mass is 10.0. The van der Waals surface area contributed by atoms with Crippen LogP contribution in [0.2, 0.25) is 10.0 Å². The Labute approximate surface area is 247 Å². The van der Waals surface area contributed by atoms with Gasteiger partial charge in [0.15, 0.2) is 0 Å². The van der Waals surface area contributed by atoms with Gasteiger partial charge in [-0.05, 0) is 55.2 Å². The fourth-order valence-electron chi connectivity index (χ4n) is 4.51. The van der Waals surface area contributed by atoms with Gasteiger partial charge >= 0.3 is 0 Å². The number of nitrogens with one attached hydrogen (secondary N) is 1. The number of carbonyl (C=O) groups is 2. The fraction of sp³-hybridized carbons (Fsp3) is 0.333. The molecule has 1 unspecified atom stereocenters. The van der Waals surface area contributed by atoms with Gasteiger partial charge < -0.3 is 10.2 Å². The summed E-state index contributed by atoms with van der Waals surface area (Å²) in [5.74, 6) is -0.557. The first-order chi connectivity index (χ1) is 19.0. The highest BCUT2D eigenvalue weighted by molar-refractivity contribution is 7.92. The van der Waals surface area contributed by atoms with Crippen LogP contribution in [0.3, 0.4) is 0 Å². The lowest BCUT2D eigenvalue weighted by Crippen LogP contribution is -2.50. The molecule has 0 aromatic heterocycles. The topological polar surface area (TPSA) is 86.8 Å². The molecule has 3 rings (SSSR count). The molecule has 0 radical (unpaired) electrons. The summed E-state index contributed by atoms with van der Waals surface area (Å²) in [6.45, 7) is 4.29. The zero-order valence-corrected chi connectivity index (χ0v) is 25.3. The molecule has 7 nitrogen and oxygen atoms in total. The summed E-state index contributed by atoms with van der Waals surface area (Å²) in [7, 11) is -3.58. The summed E-state index contributed by atoms with van der Waals surface area (Å²) < 4.78 is 26.6. The molecule has 214 valence electrons. The van der Waals surface area contributed by atoms with Gasteiger partial charge in [0.25, 0.3) is 0 Å². The van der Waals surface area contributed by atoms with Crippen molar-refractivity contribution in [2.24, 2.45) is 0 Å². The third-order valence-electron chi connectivity index (χ3n) is 6.51. The van der Waals surface area contributed by atoms with E-state index in [9.17, 15) is 18.0 Å². The van der Waals surface area contributed by atoms with Crippen molar-refractivity contribution < 1.29 is 18.0 Å². The van der Waals surface area contributed by atoms with Gasteiger partial charge in [-0.25, -0.2) is 8.42 Å². The molecule has 1 N–H and O–H groups in total. The first kappa shape index (κ1) is 31.5. The maximum atomic E-state index is 13.8. The minimum Gasteiger partial charge on any atom is -0.355 e. The molecular formula is C30H35Cl2N3O4S. The molecule has 3 aromatic carbocycles. The van der Waals surface area contributed by atoms with Gasteiger partial charge in [0.1, 0.15) is 6.04 Å². The first-order valence-electron chi connectivity index (χ1n) is 13.1. The average Bonchev–Trinajstić information content (AvgIpc) is 2.90. The smallest absolute Gasteiger partial charge is 0.243 e. The average molecular weight is 605 g/mol. The third-order valence-corrected chi connectivity index (χ3v) is 8.28. The van der Waals surface area contributed by atoms with E-state index in [0.29, 0.717) is 34.3 Å². The number of aryl methyl sites for hydroxylation is 1. The minimum atomic E-state index is -3.58. The van der Waals surface area contributed by atoms with E-state index in [0.717, 1.165) is 17.4 Å². The molecule has 0 aliphatic heterocycles. The molecule has 0 aliphatic rings. The molecule has 40 heavy (non-hydrogen) atoms. The first-order valence-corrected chi connectivity index (χ1v) is 15.7. The highest BCUT2D eigenvalue weighted by Gasteiger charge is 2.31. The molecule has 0 saturated carbocycles. The number of para-hydroxylation sites is 1. The van der Waals surface area contributed by atoms with Crippen LogP contribution in [-0.4, -0.2) is 50.5 Å². The van der Waals surface area contributed by atoms with E-state index in [2.05, 4.69) is 5.32 Å². The van der Waals surface area contributed by atoms with Crippen LogP contribution in [0.15, 0.2) is 72.8 Å². The molecule has 3 aromatic rings. The summed E-state index contributed by atoms with van der Waals surface area (Å²) in [5.41, 5.74) is 2.95. The van der Waals surface area contributed by atoms with Crippen molar-refractivity contribution in [3.63, 3.8) is 0 Å². The monoisotopic (exact) mass is 603 g/mol. The van der Waals surface area contributed by atoms with Crippen molar-refractivity contribution in [2.75, 3.05) is 23.7 Å². The van der Waals surface area contributed by atoms with Gasteiger partial charge in [-0.2, -0.15) is 0 Å².